The van der Waals surface area contributed by atoms with E-state index in [0.717, 1.165) is 0 Å². The molecule has 0 fully saturated rings. The first-order valence-electron chi connectivity index (χ1n) is 6.06. The minimum Gasteiger partial charge on any atom is -0.462 e. The summed E-state index contributed by atoms with van der Waals surface area (Å²) in [4.78, 5) is 11.1. The molecule has 0 spiro atoms. The van der Waals surface area contributed by atoms with Gasteiger partial charge in [0, 0.05) is 11.4 Å². The number of esters is 1. The monoisotopic (exact) mass is 276 g/mol. The van der Waals surface area contributed by atoms with Crippen LogP contribution < -0.4 is 11.5 Å². The van der Waals surface area contributed by atoms with Crippen LogP contribution in [0.4, 0.5) is 15.8 Å². The summed E-state index contributed by atoms with van der Waals surface area (Å²) in [6, 6.07) is 12.3. The predicted molar refractivity (Wildman–Crippen MR) is 77.6 cm³/mol. The van der Waals surface area contributed by atoms with Gasteiger partial charge in [0.2, 0.25) is 0 Å². The van der Waals surface area contributed by atoms with E-state index in [1.54, 1.807) is 31.2 Å². The fourth-order valence-electron chi connectivity index (χ4n) is 1.30. The summed E-state index contributed by atoms with van der Waals surface area (Å²) in [6.07, 6.45) is 0. The summed E-state index contributed by atoms with van der Waals surface area (Å²) >= 11 is 0. The third-order valence-corrected chi connectivity index (χ3v) is 2.29. The van der Waals surface area contributed by atoms with E-state index < -0.39 is 0 Å². The maximum absolute atomic E-state index is 12.0. The molecule has 0 unspecified atom stereocenters. The van der Waals surface area contributed by atoms with Gasteiger partial charge in [-0.2, -0.15) is 0 Å². The summed E-state index contributed by atoms with van der Waals surface area (Å²) in [5.74, 6) is -0.559. The molecule has 0 saturated carbocycles. The van der Waals surface area contributed by atoms with Gasteiger partial charge in [-0.05, 0) is 55.5 Å². The molecule has 5 heteroatoms. The first kappa shape index (κ1) is 15.5. The molecule has 0 radical (unpaired) electrons. The Morgan fingerprint density at radius 2 is 1.45 bits per heavy atom. The molecule has 0 amide bonds. The van der Waals surface area contributed by atoms with Crippen LogP contribution in [0.15, 0.2) is 48.5 Å². The molecular weight excluding hydrogens is 259 g/mol. The van der Waals surface area contributed by atoms with Crippen molar-refractivity contribution in [2.75, 3.05) is 18.1 Å². The number of hydrogen-bond donors (Lipinski definition) is 2. The van der Waals surface area contributed by atoms with Gasteiger partial charge in [-0.25, -0.2) is 9.18 Å². The Bertz CT molecular complexity index is 518. The molecule has 0 aliphatic carbocycles. The third kappa shape index (κ3) is 5.39. The average Bonchev–Trinajstić information content (AvgIpc) is 2.44. The van der Waals surface area contributed by atoms with Crippen molar-refractivity contribution in [3.63, 3.8) is 0 Å². The first-order chi connectivity index (χ1) is 9.52. The lowest BCUT2D eigenvalue weighted by atomic mass is 10.2. The zero-order valence-corrected chi connectivity index (χ0v) is 11.2. The molecule has 0 atom stereocenters. The Hall–Kier alpha value is -2.56. The highest BCUT2D eigenvalue weighted by molar-refractivity contribution is 5.89. The Morgan fingerprint density at radius 3 is 1.85 bits per heavy atom. The number of halogens is 1. The number of nitrogens with two attached hydrogens (primary N) is 2. The molecule has 4 nitrogen and oxygen atoms in total. The van der Waals surface area contributed by atoms with E-state index in [2.05, 4.69) is 0 Å². The SMILES string of the molecule is CCOC(=O)c1ccc(N)cc1.Nc1ccc(F)cc1. The van der Waals surface area contributed by atoms with Crippen LogP contribution in [0.3, 0.4) is 0 Å². The predicted octanol–water partition coefficient (Wildman–Crippen LogP) is 2.85. The van der Waals surface area contributed by atoms with E-state index in [1.807, 2.05) is 0 Å². The van der Waals surface area contributed by atoms with Crippen molar-refractivity contribution in [2.45, 2.75) is 6.92 Å². The molecule has 0 saturated heterocycles. The number of benzene rings is 2. The molecule has 2 rings (SSSR count). The molecule has 0 aliphatic heterocycles. The average molecular weight is 276 g/mol. The second-order valence-electron chi connectivity index (χ2n) is 3.89. The minimum absolute atomic E-state index is 0.251. The van der Waals surface area contributed by atoms with E-state index in [-0.39, 0.29) is 11.8 Å². The van der Waals surface area contributed by atoms with Crippen molar-refractivity contribution >= 4 is 17.3 Å². The fraction of sp³-hybridized carbons (Fsp3) is 0.133. The van der Waals surface area contributed by atoms with Gasteiger partial charge in [-0.1, -0.05) is 0 Å². The van der Waals surface area contributed by atoms with Crippen molar-refractivity contribution in [1.82, 2.24) is 0 Å². The largest absolute Gasteiger partial charge is 0.462 e. The van der Waals surface area contributed by atoms with Crippen molar-refractivity contribution in [1.29, 1.82) is 0 Å². The number of carbonyl (C=O) groups excluding carboxylic acids is 1. The number of hydrogen-bond acceptors (Lipinski definition) is 4. The number of ether oxygens (including phenoxy) is 1. The van der Waals surface area contributed by atoms with Crippen molar-refractivity contribution in [3.8, 4) is 0 Å². The Labute approximate surface area is 117 Å². The lowest BCUT2D eigenvalue weighted by Gasteiger charge is -2.00. The zero-order valence-electron chi connectivity index (χ0n) is 11.2. The van der Waals surface area contributed by atoms with Crippen LogP contribution in [0.5, 0.6) is 0 Å². The number of rotatable bonds is 2. The molecule has 0 bridgehead atoms. The quantitative estimate of drug-likeness (QED) is 0.653. The molecule has 106 valence electrons. The topological polar surface area (TPSA) is 78.3 Å². The van der Waals surface area contributed by atoms with Gasteiger partial charge in [0.25, 0.3) is 0 Å². The fourth-order valence-corrected chi connectivity index (χ4v) is 1.30. The lowest BCUT2D eigenvalue weighted by molar-refractivity contribution is 0.0526. The van der Waals surface area contributed by atoms with Crippen molar-refractivity contribution < 1.29 is 13.9 Å². The highest BCUT2D eigenvalue weighted by atomic mass is 19.1. The van der Waals surface area contributed by atoms with Crippen LogP contribution in [0.1, 0.15) is 17.3 Å². The smallest absolute Gasteiger partial charge is 0.338 e. The van der Waals surface area contributed by atoms with Crippen molar-refractivity contribution in [3.05, 3.63) is 59.9 Å². The van der Waals surface area contributed by atoms with Gasteiger partial charge < -0.3 is 16.2 Å². The van der Waals surface area contributed by atoms with Crippen molar-refractivity contribution in [2.24, 2.45) is 0 Å². The highest BCUT2D eigenvalue weighted by Crippen LogP contribution is 2.06. The lowest BCUT2D eigenvalue weighted by Crippen LogP contribution is -2.04. The minimum atomic E-state index is -0.308. The molecule has 0 aliphatic rings. The van der Waals surface area contributed by atoms with Gasteiger partial charge >= 0.3 is 5.97 Å². The molecule has 2 aromatic rings. The normalized spacial score (nSPS) is 9.30. The van der Waals surface area contributed by atoms with Crippen LogP contribution in [-0.2, 0) is 4.74 Å². The molecular formula is C15H17FN2O2. The summed E-state index contributed by atoms with van der Waals surface area (Å²) in [7, 11) is 0. The summed E-state index contributed by atoms with van der Waals surface area (Å²) < 4.78 is 16.8. The standard InChI is InChI=1S/C9H11NO2.C6H6FN/c1-2-12-9(11)7-3-5-8(10)6-4-7;7-5-1-3-6(8)4-2-5/h3-6H,2,10H2,1H3;1-4H,8H2. The summed E-state index contributed by atoms with van der Waals surface area (Å²) in [5.41, 5.74) is 12.5. The van der Waals surface area contributed by atoms with Crippen LogP contribution in [0.2, 0.25) is 0 Å². The number of nitrogen functional groups attached to an aromatic ring is 2. The molecule has 0 heterocycles. The molecule has 4 N–H and O–H groups in total. The highest BCUT2D eigenvalue weighted by Gasteiger charge is 2.03. The van der Waals surface area contributed by atoms with E-state index in [0.29, 0.717) is 23.5 Å². The summed E-state index contributed by atoms with van der Waals surface area (Å²) in [5, 5.41) is 0. The van der Waals surface area contributed by atoms with E-state index in [9.17, 15) is 9.18 Å². The van der Waals surface area contributed by atoms with Gasteiger partial charge in [-0.3, -0.25) is 0 Å². The van der Waals surface area contributed by atoms with Gasteiger partial charge in [0.1, 0.15) is 5.82 Å². The summed E-state index contributed by atoms with van der Waals surface area (Å²) in [6.45, 7) is 2.17. The second kappa shape index (κ2) is 7.78. The Balaban J connectivity index is 0.000000217. The Morgan fingerprint density at radius 1 is 1.00 bits per heavy atom. The first-order valence-corrected chi connectivity index (χ1v) is 6.06. The van der Waals surface area contributed by atoms with E-state index >= 15 is 0 Å². The van der Waals surface area contributed by atoms with Gasteiger partial charge in [-0.15, -0.1) is 0 Å². The van der Waals surface area contributed by atoms with E-state index in [4.69, 9.17) is 16.2 Å². The van der Waals surface area contributed by atoms with Crippen LogP contribution >= 0.6 is 0 Å². The Kier molecular flexibility index (Phi) is 6.03. The maximum Gasteiger partial charge on any atom is 0.338 e. The second-order valence-corrected chi connectivity index (χ2v) is 3.89. The molecule has 2 aromatic carbocycles. The zero-order chi connectivity index (χ0) is 15.0. The van der Waals surface area contributed by atoms with Gasteiger partial charge in [0.15, 0.2) is 0 Å². The molecule has 0 aromatic heterocycles. The number of carbonyl (C=O) groups is 1. The third-order valence-electron chi connectivity index (χ3n) is 2.29. The number of anilines is 2. The van der Waals surface area contributed by atoms with Crippen LogP contribution in [-0.4, -0.2) is 12.6 Å². The maximum atomic E-state index is 12.0. The van der Waals surface area contributed by atoms with Gasteiger partial charge in [0.05, 0.1) is 12.2 Å². The van der Waals surface area contributed by atoms with E-state index in [1.165, 1.54) is 24.3 Å². The van der Waals surface area contributed by atoms with Crippen LogP contribution in [0.25, 0.3) is 0 Å². The molecule has 20 heavy (non-hydrogen) atoms. The van der Waals surface area contributed by atoms with Crippen LogP contribution in [0, 0.1) is 5.82 Å².